The summed E-state index contributed by atoms with van der Waals surface area (Å²) in [4.78, 5) is 3.31. The summed E-state index contributed by atoms with van der Waals surface area (Å²) in [5, 5.41) is 0. The SMILES string of the molecule is [N-]=[N+]=C1CC2C=CC=CC1C=C2. The van der Waals surface area contributed by atoms with Gasteiger partial charge < -0.3 is 5.53 Å². The number of fused-ring (bicyclic) bond motifs is 2. The molecule has 0 amide bonds. The minimum Gasteiger partial charge on any atom is -0.362 e. The van der Waals surface area contributed by atoms with Gasteiger partial charge in [0.2, 0.25) is 0 Å². The molecule has 2 nitrogen and oxygen atoms in total. The first-order valence-corrected chi connectivity index (χ1v) is 4.14. The fourth-order valence-electron chi connectivity index (χ4n) is 1.62. The molecule has 0 spiro atoms. The quantitative estimate of drug-likeness (QED) is 0.293. The lowest BCUT2D eigenvalue weighted by atomic mass is 9.85. The van der Waals surface area contributed by atoms with Crippen LogP contribution in [0.1, 0.15) is 6.42 Å². The molecule has 60 valence electrons. The van der Waals surface area contributed by atoms with Crippen LogP contribution in [0.4, 0.5) is 0 Å². The second-order valence-corrected chi connectivity index (χ2v) is 3.14. The minimum atomic E-state index is 0.205. The van der Waals surface area contributed by atoms with Gasteiger partial charge in [-0.2, -0.15) is 4.79 Å². The summed E-state index contributed by atoms with van der Waals surface area (Å²) in [6.45, 7) is 0. The second-order valence-electron chi connectivity index (χ2n) is 3.14. The maximum Gasteiger partial charge on any atom is 0.280 e. The fourth-order valence-corrected chi connectivity index (χ4v) is 1.62. The molecular weight excluding hydrogens is 148 g/mol. The third kappa shape index (κ3) is 1.17. The zero-order valence-electron chi connectivity index (χ0n) is 6.72. The lowest BCUT2D eigenvalue weighted by molar-refractivity contribution is -0.0139. The van der Waals surface area contributed by atoms with Crippen LogP contribution in [-0.2, 0) is 0 Å². The van der Waals surface area contributed by atoms with Crippen LogP contribution in [0.15, 0.2) is 36.5 Å². The van der Waals surface area contributed by atoms with E-state index in [9.17, 15) is 0 Å². The molecule has 0 aromatic heterocycles. The molecule has 0 saturated carbocycles. The van der Waals surface area contributed by atoms with E-state index in [1.165, 1.54) is 0 Å². The standard InChI is InChI=1S/C10H10N2/c11-12-10-7-8-3-1-2-4-9(10)6-5-8/h1-6,8-9H,7H2. The summed E-state index contributed by atoms with van der Waals surface area (Å²) >= 11 is 0. The zero-order chi connectivity index (χ0) is 8.39. The zero-order valence-corrected chi connectivity index (χ0v) is 6.72. The molecule has 3 aliphatic rings. The first kappa shape index (κ1) is 7.26. The van der Waals surface area contributed by atoms with Crippen LogP contribution in [0.2, 0.25) is 0 Å². The van der Waals surface area contributed by atoms with Crippen molar-refractivity contribution in [2.24, 2.45) is 11.8 Å². The number of rotatable bonds is 0. The van der Waals surface area contributed by atoms with Gasteiger partial charge in [-0.15, -0.1) is 0 Å². The van der Waals surface area contributed by atoms with Crippen molar-refractivity contribution in [1.29, 1.82) is 0 Å². The third-order valence-electron chi connectivity index (χ3n) is 2.31. The lowest BCUT2D eigenvalue weighted by Crippen LogP contribution is -2.20. The average Bonchev–Trinajstić information content (AvgIpc) is 2.05. The number of hydrogen-bond donors (Lipinski definition) is 0. The summed E-state index contributed by atoms with van der Waals surface area (Å²) in [7, 11) is 0. The van der Waals surface area contributed by atoms with E-state index < -0.39 is 0 Å². The Morgan fingerprint density at radius 2 is 2.00 bits per heavy atom. The Hall–Kier alpha value is -1.40. The number of hydrogen-bond acceptors (Lipinski definition) is 0. The van der Waals surface area contributed by atoms with Gasteiger partial charge >= 0.3 is 0 Å². The van der Waals surface area contributed by atoms with Gasteiger partial charge in [-0.05, 0) is 0 Å². The Bertz CT molecular complexity index is 317. The maximum atomic E-state index is 8.73. The molecule has 0 fully saturated rings. The Morgan fingerprint density at radius 3 is 2.83 bits per heavy atom. The molecule has 2 bridgehead atoms. The summed E-state index contributed by atoms with van der Waals surface area (Å²) in [5.41, 5.74) is 9.59. The van der Waals surface area contributed by atoms with Crippen molar-refractivity contribution in [2.45, 2.75) is 6.42 Å². The molecule has 3 aliphatic carbocycles. The van der Waals surface area contributed by atoms with Crippen LogP contribution in [0.3, 0.4) is 0 Å². The summed E-state index contributed by atoms with van der Waals surface area (Å²) in [6.07, 6.45) is 13.3. The van der Waals surface area contributed by atoms with Crippen LogP contribution in [0, 0.1) is 11.8 Å². The third-order valence-corrected chi connectivity index (χ3v) is 2.31. The summed E-state index contributed by atoms with van der Waals surface area (Å²) in [5.74, 6) is 0.619. The first-order valence-electron chi connectivity index (χ1n) is 4.14. The van der Waals surface area contributed by atoms with Gasteiger partial charge in [0.15, 0.2) is 0 Å². The van der Waals surface area contributed by atoms with E-state index in [0.717, 1.165) is 12.1 Å². The van der Waals surface area contributed by atoms with Gasteiger partial charge in [0.1, 0.15) is 0 Å². The van der Waals surface area contributed by atoms with Gasteiger partial charge in [-0.1, -0.05) is 36.5 Å². The van der Waals surface area contributed by atoms with Gasteiger partial charge in [0.25, 0.3) is 5.71 Å². The van der Waals surface area contributed by atoms with Crippen molar-refractivity contribution in [2.75, 3.05) is 0 Å². The molecule has 3 rings (SSSR count). The van der Waals surface area contributed by atoms with Crippen molar-refractivity contribution in [3.05, 3.63) is 42.0 Å². The van der Waals surface area contributed by atoms with Crippen LogP contribution in [0.5, 0.6) is 0 Å². The molecule has 0 saturated heterocycles. The average molecular weight is 158 g/mol. The summed E-state index contributed by atoms with van der Waals surface area (Å²) in [6, 6.07) is 0. The molecule has 0 N–H and O–H groups in total. The highest BCUT2D eigenvalue weighted by Crippen LogP contribution is 2.23. The van der Waals surface area contributed by atoms with Crippen LogP contribution >= 0.6 is 0 Å². The topological polar surface area (TPSA) is 36.4 Å². The highest BCUT2D eigenvalue weighted by atomic mass is 14.9. The maximum absolute atomic E-state index is 8.73. The Kier molecular flexibility index (Phi) is 1.77. The van der Waals surface area contributed by atoms with E-state index in [4.69, 9.17) is 5.53 Å². The minimum absolute atomic E-state index is 0.205. The Labute approximate surface area is 71.5 Å². The van der Waals surface area contributed by atoms with E-state index in [0.29, 0.717) is 5.92 Å². The molecule has 2 unspecified atom stereocenters. The van der Waals surface area contributed by atoms with Gasteiger partial charge in [0, 0.05) is 5.92 Å². The van der Waals surface area contributed by atoms with Crippen LogP contribution < -0.4 is 0 Å². The van der Waals surface area contributed by atoms with E-state index in [2.05, 4.69) is 29.1 Å². The summed E-state index contributed by atoms with van der Waals surface area (Å²) < 4.78 is 0. The Morgan fingerprint density at radius 1 is 1.17 bits per heavy atom. The van der Waals surface area contributed by atoms with Crippen LogP contribution in [0.25, 0.3) is 5.53 Å². The molecule has 0 aromatic carbocycles. The molecule has 0 aromatic rings. The largest absolute Gasteiger partial charge is 0.362 e. The molecule has 0 radical (unpaired) electrons. The molecule has 2 heteroatoms. The van der Waals surface area contributed by atoms with Gasteiger partial charge in [-0.3, -0.25) is 0 Å². The second kappa shape index (κ2) is 2.92. The highest BCUT2D eigenvalue weighted by molar-refractivity contribution is 5.86. The van der Waals surface area contributed by atoms with Crippen molar-refractivity contribution in [3.8, 4) is 0 Å². The molecule has 12 heavy (non-hydrogen) atoms. The normalized spacial score (nSPS) is 31.5. The van der Waals surface area contributed by atoms with E-state index >= 15 is 0 Å². The van der Waals surface area contributed by atoms with Crippen molar-refractivity contribution < 1.29 is 4.79 Å². The molecule has 0 heterocycles. The number of nitrogens with zero attached hydrogens (tertiary/aromatic N) is 2. The van der Waals surface area contributed by atoms with Crippen LogP contribution in [-0.4, -0.2) is 10.5 Å². The predicted octanol–water partition coefficient (Wildman–Crippen LogP) is 1.98. The van der Waals surface area contributed by atoms with Crippen molar-refractivity contribution in [3.63, 3.8) is 0 Å². The van der Waals surface area contributed by atoms with E-state index in [-0.39, 0.29) is 5.92 Å². The Balaban J connectivity index is 2.44. The van der Waals surface area contributed by atoms with E-state index in [1.807, 2.05) is 12.2 Å². The molecule has 2 atom stereocenters. The lowest BCUT2D eigenvalue weighted by Gasteiger charge is -2.15. The monoisotopic (exact) mass is 158 g/mol. The van der Waals surface area contributed by atoms with Crippen molar-refractivity contribution >= 4 is 5.71 Å². The fraction of sp³-hybridized carbons (Fsp3) is 0.300. The highest BCUT2D eigenvalue weighted by Gasteiger charge is 2.25. The number of allylic oxidation sites excluding steroid dienone is 6. The molecular formula is C10H10N2. The molecule has 0 aliphatic heterocycles. The van der Waals surface area contributed by atoms with Gasteiger partial charge in [0.05, 0.1) is 12.3 Å². The van der Waals surface area contributed by atoms with Gasteiger partial charge in [-0.25, -0.2) is 0 Å². The van der Waals surface area contributed by atoms with E-state index in [1.54, 1.807) is 0 Å². The predicted molar refractivity (Wildman–Crippen MR) is 47.6 cm³/mol. The van der Waals surface area contributed by atoms with Crippen molar-refractivity contribution in [1.82, 2.24) is 0 Å². The smallest absolute Gasteiger partial charge is 0.280 e. The first-order chi connectivity index (χ1) is 5.90.